The summed E-state index contributed by atoms with van der Waals surface area (Å²) in [6.45, 7) is 0. The van der Waals surface area contributed by atoms with Crippen molar-refractivity contribution in [2.24, 2.45) is 0 Å². The van der Waals surface area contributed by atoms with Gasteiger partial charge in [0, 0.05) is 12.5 Å². The molecule has 0 bridgehead atoms. The molecule has 0 radical (unpaired) electrons. The Morgan fingerprint density at radius 2 is 2.21 bits per heavy atom. The minimum absolute atomic E-state index is 0.00733. The number of aryl methyl sites for hydroxylation is 1. The normalized spacial score (nSPS) is 9.86. The number of benzene rings is 1. The van der Waals surface area contributed by atoms with Crippen LogP contribution in [0.5, 0.6) is 5.75 Å². The fourth-order valence-electron chi connectivity index (χ4n) is 1.13. The summed E-state index contributed by atoms with van der Waals surface area (Å²) in [5.74, 6) is -0.900. The molecule has 76 valence electrons. The summed E-state index contributed by atoms with van der Waals surface area (Å²) in [6, 6.07) is 4.20. The Balaban J connectivity index is 2.76. The molecule has 0 unspecified atom stereocenters. The van der Waals surface area contributed by atoms with Crippen molar-refractivity contribution in [2.45, 2.75) is 12.8 Å². The summed E-state index contributed by atoms with van der Waals surface area (Å²) in [5, 5.41) is 8.45. The van der Waals surface area contributed by atoms with E-state index in [4.69, 9.17) is 9.84 Å². The van der Waals surface area contributed by atoms with Crippen LogP contribution in [0.1, 0.15) is 12.0 Å². The van der Waals surface area contributed by atoms with Gasteiger partial charge in [-0.1, -0.05) is 0 Å². The Hall–Kier alpha value is -1.58. The predicted molar refractivity (Wildman–Crippen MR) is 48.9 cm³/mol. The smallest absolute Gasteiger partial charge is 0.303 e. The van der Waals surface area contributed by atoms with Gasteiger partial charge >= 0.3 is 5.97 Å². The number of carbonyl (C=O) groups is 1. The predicted octanol–water partition coefficient (Wildman–Crippen LogP) is 1.85. The number of halogens is 1. The average molecular weight is 198 g/mol. The maximum atomic E-state index is 12.9. The van der Waals surface area contributed by atoms with Gasteiger partial charge in [0.25, 0.3) is 0 Å². The van der Waals surface area contributed by atoms with Crippen molar-refractivity contribution in [1.82, 2.24) is 0 Å². The molecule has 14 heavy (non-hydrogen) atoms. The van der Waals surface area contributed by atoms with Gasteiger partial charge in [-0.05, 0) is 24.1 Å². The first kappa shape index (κ1) is 10.5. The zero-order chi connectivity index (χ0) is 10.6. The lowest BCUT2D eigenvalue weighted by molar-refractivity contribution is -0.136. The van der Waals surface area contributed by atoms with Gasteiger partial charge in [-0.15, -0.1) is 0 Å². The zero-order valence-electron chi connectivity index (χ0n) is 7.79. The van der Waals surface area contributed by atoms with Gasteiger partial charge in [0.05, 0.1) is 7.11 Å². The molecule has 0 saturated heterocycles. The SMILES string of the molecule is COc1cc(F)cc(CCC(=O)O)c1. The third-order valence-electron chi connectivity index (χ3n) is 1.79. The number of hydrogen-bond acceptors (Lipinski definition) is 2. The topological polar surface area (TPSA) is 46.5 Å². The number of hydrogen-bond donors (Lipinski definition) is 1. The number of carboxylic acid groups (broad SMARTS) is 1. The van der Waals surface area contributed by atoms with E-state index in [0.29, 0.717) is 17.7 Å². The highest BCUT2D eigenvalue weighted by Gasteiger charge is 2.03. The molecule has 0 aliphatic rings. The Morgan fingerprint density at radius 3 is 2.79 bits per heavy atom. The average Bonchev–Trinajstić information content (AvgIpc) is 2.14. The summed E-state index contributed by atoms with van der Waals surface area (Å²) < 4.78 is 17.8. The van der Waals surface area contributed by atoms with Crippen LogP contribution < -0.4 is 4.74 Å². The van der Waals surface area contributed by atoms with E-state index >= 15 is 0 Å². The molecule has 0 fully saturated rings. The largest absolute Gasteiger partial charge is 0.497 e. The Morgan fingerprint density at radius 1 is 1.50 bits per heavy atom. The van der Waals surface area contributed by atoms with Crippen LogP contribution >= 0.6 is 0 Å². The van der Waals surface area contributed by atoms with Gasteiger partial charge in [0.1, 0.15) is 11.6 Å². The van der Waals surface area contributed by atoms with Crippen LogP contribution in [0.4, 0.5) is 4.39 Å². The van der Waals surface area contributed by atoms with Gasteiger partial charge in [-0.25, -0.2) is 4.39 Å². The third-order valence-corrected chi connectivity index (χ3v) is 1.79. The molecule has 0 spiro atoms. The van der Waals surface area contributed by atoms with Crippen molar-refractivity contribution in [2.75, 3.05) is 7.11 Å². The van der Waals surface area contributed by atoms with E-state index in [0.717, 1.165) is 0 Å². The van der Waals surface area contributed by atoms with E-state index in [1.54, 1.807) is 6.07 Å². The zero-order valence-corrected chi connectivity index (χ0v) is 7.79. The van der Waals surface area contributed by atoms with Crippen LogP contribution in [-0.4, -0.2) is 18.2 Å². The molecular weight excluding hydrogens is 187 g/mol. The number of methoxy groups -OCH3 is 1. The molecular formula is C10H11FO3. The molecule has 0 amide bonds. The van der Waals surface area contributed by atoms with Crippen molar-refractivity contribution in [3.05, 3.63) is 29.6 Å². The van der Waals surface area contributed by atoms with E-state index in [-0.39, 0.29) is 6.42 Å². The molecule has 0 aliphatic carbocycles. The fourth-order valence-corrected chi connectivity index (χ4v) is 1.13. The molecule has 0 atom stereocenters. The lowest BCUT2D eigenvalue weighted by Crippen LogP contribution is -1.98. The minimum atomic E-state index is -0.895. The van der Waals surface area contributed by atoms with Crippen LogP contribution in [0, 0.1) is 5.82 Å². The fraction of sp³-hybridized carbons (Fsp3) is 0.300. The lowest BCUT2D eigenvalue weighted by Gasteiger charge is -2.03. The standard InChI is InChI=1S/C10H11FO3/c1-14-9-5-7(2-3-10(12)13)4-8(11)6-9/h4-6H,2-3H2,1H3,(H,12,13). The molecule has 3 nitrogen and oxygen atoms in total. The number of ether oxygens (including phenoxy) is 1. The van der Waals surface area contributed by atoms with Crippen LogP contribution in [-0.2, 0) is 11.2 Å². The summed E-state index contributed by atoms with van der Waals surface area (Å²) in [6.07, 6.45) is 0.302. The molecule has 4 heteroatoms. The van der Waals surface area contributed by atoms with Crippen molar-refractivity contribution in [3.63, 3.8) is 0 Å². The summed E-state index contributed by atoms with van der Waals surface area (Å²) in [5.41, 5.74) is 0.629. The maximum Gasteiger partial charge on any atom is 0.303 e. The van der Waals surface area contributed by atoms with Crippen molar-refractivity contribution in [1.29, 1.82) is 0 Å². The van der Waals surface area contributed by atoms with Gasteiger partial charge < -0.3 is 9.84 Å². The van der Waals surface area contributed by atoms with Crippen molar-refractivity contribution >= 4 is 5.97 Å². The Kier molecular flexibility index (Phi) is 3.45. The quantitative estimate of drug-likeness (QED) is 0.803. The summed E-state index contributed by atoms with van der Waals surface area (Å²) in [7, 11) is 1.44. The van der Waals surface area contributed by atoms with Gasteiger partial charge in [0.15, 0.2) is 0 Å². The number of carboxylic acids is 1. The van der Waals surface area contributed by atoms with Crippen LogP contribution in [0.15, 0.2) is 18.2 Å². The van der Waals surface area contributed by atoms with Gasteiger partial charge in [-0.3, -0.25) is 4.79 Å². The second-order valence-electron chi connectivity index (χ2n) is 2.89. The Labute approximate surface area is 81.1 Å². The van der Waals surface area contributed by atoms with Crippen LogP contribution in [0.25, 0.3) is 0 Å². The first-order valence-corrected chi connectivity index (χ1v) is 4.17. The highest BCUT2D eigenvalue weighted by atomic mass is 19.1. The maximum absolute atomic E-state index is 12.9. The number of aliphatic carboxylic acids is 1. The van der Waals surface area contributed by atoms with Crippen LogP contribution in [0.3, 0.4) is 0 Å². The number of rotatable bonds is 4. The minimum Gasteiger partial charge on any atom is -0.497 e. The Bertz CT molecular complexity index is 336. The monoisotopic (exact) mass is 198 g/mol. The molecule has 1 N–H and O–H groups in total. The molecule has 0 heterocycles. The second kappa shape index (κ2) is 4.60. The van der Waals surface area contributed by atoms with Crippen molar-refractivity contribution < 1.29 is 19.0 Å². The second-order valence-corrected chi connectivity index (χ2v) is 2.89. The summed E-state index contributed by atoms with van der Waals surface area (Å²) in [4.78, 5) is 10.3. The van der Waals surface area contributed by atoms with E-state index in [1.165, 1.54) is 19.2 Å². The first-order valence-electron chi connectivity index (χ1n) is 4.17. The van der Waals surface area contributed by atoms with Gasteiger partial charge in [-0.2, -0.15) is 0 Å². The summed E-state index contributed by atoms with van der Waals surface area (Å²) >= 11 is 0. The third kappa shape index (κ3) is 3.05. The van der Waals surface area contributed by atoms with E-state index in [1.807, 2.05) is 0 Å². The highest BCUT2D eigenvalue weighted by molar-refractivity contribution is 5.67. The molecule has 0 aromatic heterocycles. The van der Waals surface area contributed by atoms with E-state index in [2.05, 4.69) is 0 Å². The van der Waals surface area contributed by atoms with E-state index < -0.39 is 11.8 Å². The molecule has 0 aliphatic heterocycles. The molecule has 0 saturated carbocycles. The molecule has 1 aromatic rings. The molecule has 1 aromatic carbocycles. The van der Waals surface area contributed by atoms with Gasteiger partial charge in [0.2, 0.25) is 0 Å². The van der Waals surface area contributed by atoms with E-state index in [9.17, 15) is 9.18 Å². The first-order chi connectivity index (χ1) is 6.61. The lowest BCUT2D eigenvalue weighted by atomic mass is 10.1. The van der Waals surface area contributed by atoms with Crippen molar-refractivity contribution in [3.8, 4) is 5.75 Å². The van der Waals surface area contributed by atoms with Crippen LogP contribution in [0.2, 0.25) is 0 Å². The molecule has 1 rings (SSSR count). The highest BCUT2D eigenvalue weighted by Crippen LogP contribution is 2.16.